The van der Waals surface area contributed by atoms with Gasteiger partial charge in [-0.25, -0.2) is 9.69 Å². The minimum atomic E-state index is -0.772. The van der Waals surface area contributed by atoms with Gasteiger partial charge < -0.3 is 4.74 Å². The van der Waals surface area contributed by atoms with Crippen molar-refractivity contribution in [1.82, 2.24) is 5.32 Å². The molecule has 0 atom stereocenters. The van der Waals surface area contributed by atoms with Crippen LogP contribution < -0.4 is 15.0 Å². The molecule has 154 valence electrons. The number of hydrogen-bond acceptors (Lipinski definition) is 4. The van der Waals surface area contributed by atoms with Gasteiger partial charge in [-0.1, -0.05) is 23.8 Å². The number of anilines is 1. The summed E-state index contributed by atoms with van der Waals surface area (Å²) in [6, 6.07) is 9.73. The van der Waals surface area contributed by atoms with Gasteiger partial charge in [0.05, 0.1) is 16.8 Å². The number of nitrogens with one attached hydrogen (secondary N) is 1. The van der Waals surface area contributed by atoms with Crippen molar-refractivity contribution >= 4 is 45.5 Å². The van der Waals surface area contributed by atoms with Gasteiger partial charge in [0.15, 0.2) is 0 Å². The molecule has 1 saturated heterocycles. The van der Waals surface area contributed by atoms with Gasteiger partial charge in [0.25, 0.3) is 11.8 Å². The quantitative estimate of drug-likeness (QED) is 0.383. The van der Waals surface area contributed by atoms with Crippen LogP contribution >= 0.6 is 15.9 Å². The first-order valence-corrected chi connectivity index (χ1v) is 10.2. The molecular weight excluding hydrogens is 448 g/mol. The maximum atomic E-state index is 13.0. The number of hydrogen-bond donors (Lipinski definition) is 1. The largest absolute Gasteiger partial charge is 0.492 e. The number of nitrogens with zero attached hydrogens (tertiary/aromatic N) is 1. The van der Waals surface area contributed by atoms with Crippen molar-refractivity contribution in [3.63, 3.8) is 0 Å². The fourth-order valence-electron chi connectivity index (χ4n) is 3.12. The van der Waals surface area contributed by atoms with Gasteiger partial charge in [0, 0.05) is 0 Å². The van der Waals surface area contributed by atoms with E-state index in [1.807, 2.05) is 19.9 Å². The molecule has 1 fully saturated rings. The molecule has 0 saturated carbocycles. The van der Waals surface area contributed by atoms with Crippen LogP contribution in [-0.4, -0.2) is 24.5 Å². The second-order valence-corrected chi connectivity index (χ2v) is 7.56. The lowest BCUT2D eigenvalue weighted by atomic mass is 10.0. The zero-order valence-electron chi connectivity index (χ0n) is 16.7. The summed E-state index contributed by atoms with van der Waals surface area (Å²) in [7, 11) is 0. The number of carbonyl (C=O) groups is 3. The van der Waals surface area contributed by atoms with Crippen LogP contribution in [0.1, 0.15) is 23.6 Å². The third-order valence-corrected chi connectivity index (χ3v) is 5.09. The summed E-state index contributed by atoms with van der Waals surface area (Å²) in [5.74, 6) is -0.720. The van der Waals surface area contributed by atoms with E-state index in [2.05, 4.69) is 27.8 Å². The second-order valence-electron chi connectivity index (χ2n) is 6.71. The topological polar surface area (TPSA) is 75.7 Å². The Morgan fingerprint density at radius 2 is 1.87 bits per heavy atom. The van der Waals surface area contributed by atoms with Gasteiger partial charge >= 0.3 is 6.03 Å². The molecule has 0 radical (unpaired) electrons. The minimum Gasteiger partial charge on any atom is -0.492 e. The number of imide groups is 2. The van der Waals surface area contributed by atoms with Crippen LogP contribution in [-0.2, 0) is 16.0 Å². The molecule has 1 aliphatic rings. The van der Waals surface area contributed by atoms with E-state index in [9.17, 15) is 14.4 Å². The number of aryl methyl sites for hydroxylation is 1. The van der Waals surface area contributed by atoms with Crippen molar-refractivity contribution in [2.45, 2.75) is 20.3 Å². The first-order valence-electron chi connectivity index (χ1n) is 9.40. The fourth-order valence-corrected chi connectivity index (χ4v) is 3.76. The summed E-state index contributed by atoms with van der Waals surface area (Å²) in [5.41, 5.74) is 2.74. The number of rotatable bonds is 6. The summed E-state index contributed by atoms with van der Waals surface area (Å²) in [6.07, 6.45) is 3.77. The third-order valence-electron chi connectivity index (χ3n) is 4.50. The Hall–Kier alpha value is -3.19. The molecule has 0 aliphatic carbocycles. The average molecular weight is 469 g/mol. The summed E-state index contributed by atoms with van der Waals surface area (Å²) in [5, 5.41) is 2.24. The molecule has 2 aromatic rings. The van der Waals surface area contributed by atoms with E-state index in [0.29, 0.717) is 34.5 Å². The minimum absolute atomic E-state index is 0.129. The normalized spacial score (nSPS) is 15.4. The molecule has 30 heavy (non-hydrogen) atoms. The highest BCUT2D eigenvalue weighted by atomic mass is 79.9. The summed E-state index contributed by atoms with van der Waals surface area (Å²) in [4.78, 5) is 38.7. The fraction of sp³-hybridized carbons (Fsp3) is 0.174. The molecule has 3 rings (SSSR count). The number of urea groups is 1. The highest BCUT2D eigenvalue weighted by Crippen LogP contribution is 2.33. The van der Waals surface area contributed by atoms with Crippen LogP contribution in [0.15, 0.2) is 59.1 Å². The molecular formula is C23H21BrN2O4. The summed E-state index contributed by atoms with van der Waals surface area (Å²) >= 11 is 3.49. The highest BCUT2D eigenvalue weighted by molar-refractivity contribution is 9.10. The van der Waals surface area contributed by atoms with Crippen LogP contribution in [0.4, 0.5) is 10.5 Å². The van der Waals surface area contributed by atoms with E-state index in [4.69, 9.17) is 4.74 Å². The van der Waals surface area contributed by atoms with E-state index >= 15 is 0 Å². The highest BCUT2D eigenvalue weighted by Gasteiger charge is 2.36. The maximum Gasteiger partial charge on any atom is 0.335 e. The maximum absolute atomic E-state index is 13.0. The lowest BCUT2D eigenvalue weighted by Gasteiger charge is -2.26. The number of carbonyl (C=O) groups excluding carboxylic acids is 3. The molecule has 1 heterocycles. The molecule has 1 aliphatic heterocycles. The van der Waals surface area contributed by atoms with Gasteiger partial charge in [0.2, 0.25) is 0 Å². The first kappa shape index (κ1) is 21.5. The van der Waals surface area contributed by atoms with Gasteiger partial charge in [-0.15, -0.1) is 6.58 Å². The van der Waals surface area contributed by atoms with Crippen molar-refractivity contribution < 1.29 is 19.1 Å². The van der Waals surface area contributed by atoms with E-state index in [1.54, 1.807) is 36.4 Å². The molecule has 0 bridgehead atoms. The lowest BCUT2D eigenvalue weighted by Crippen LogP contribution is -2.54. The molecule has 6 nitrogen and oxygen atoms in total. The summed E-state index contributed by atoms with van der Waals surface area (Å²) < 4.78 is 6.39. The monoisotopic (exact) mass is 468 g/mol. The molecule has 2 aromatic carbocycles. The van der Waals surface area contributed by atoms with Crippen LogP contribution in [0.2, 0.25) is 0 Å². The third kappa shape index (κ3) is 4.36. The van der Waals surface area contributed by atoms with Crippen LogP contribution in [0.5, 0.6) is 5.75 Å². The van der Waals surface area contributed by atoms with Gasteiger partial charge in [-0.3, -0.25) is 14.9 Å². The van der Waals surface area contributed by atoms with Gasteiger partial charge in [-0.2, -0.15) is 0 Å². The first-order chi connectivity index (χ1) is 14.3. The van der Waals surface area contributed by atoms with E-state index in [-0.39, 0.29) is 5.57 Å². The predicted octanol–water partition coefficient (Wildman–Crippen LogP) is 4.55. The Kier molecular flexibility index (Phi) is 6.52. The Morgan fingerprint density at radius 3 is 2.50 bits per heavy atom. The SMILES string of the molecule is C=CCc1cc(/C=C2\C(=O)NC(=O)N(c3ccc(C)cc3)C2=O)cc(Br)c1OCC. The Balaban J connectivity index is 2.04. The molecule has 0 unspecified atom stereocenters. The van der Waals surface area contributed by atoms with Crippen LogP contribution in [0.3, 0.4) is 0 Å². The number of halogens is 1. The van der Waals surface area contributed by atoms with Crippen molar-refractivity contribution in [2.75, 3.05) is 11.5 Å². The average Bonchev–Trinajstić information content (AvgIpc) is 2.69. The second kappa shape index (κ2) is 9.09. The van der Waals surface area contributed by atoms with Crippen molar-refractivity contribution in [1.29, 1.82) is 0 Å². The number of ether oxygens (including phenoxy) is 1. The zero-order chi connectivity index (χ0) is 21.8. The van der Waals surface area contributed by atoms with Crippen molar-refractivity contribution in [3.8, 4) is 5.75 Å². The molecule has 0 spiro atoms. The number of allylic oxidation sites excluding steroid dienone is 1. The Bertz CT molecular complexity index is 1060. The zero-order valence-corrected chi connectivity index (χ0v) is 18.3. The van der Waals surface area contributed by atoms with E-state index < -0.39 is 17.8 Å². The van der Waals surface area contributed by atoms with Crippen molar-refractivity contribution in [2.24, 2.45) is 0 Å². The predicted molar refractivity (Wildman–Crippen MR) is 119 cm³/mol. The number of barbiturate groups is 1. The molecule has 0 aromatic heterocycles. The molecule has 1 N–H and O–H groups in total. The van der Waals surface area contributed by atoms with E-state index in [0.717, 1.165) is 16.0 Å². The van der Waals surface area contributed by atoms with Crippen LogP contribution in [0.25, 0.3) is 6.08 Å². The van der Waals surface area contributed by atoms with E-state index in [1.165, 1.54) is 6.08 Å². The van der Waals surface area contributed by atoms with Crippen molar-refractivity contribution in [3.05, 3.63) is 75.8 Å². The Labute approximate surface area is 183 Å². The standard InChI is InChI=1S/C23H21BrN2O4/c1-4-6-16-11-15(13-19(24)20(16)30-5-2)12-18-21(27)25-23(29)26(22(18)28)17-9-7-14(3)8-10-17/h4,7-13H,1,5-6H2,2-3H3,(H,25,27,29)/b18-12+. The summed E-state index contributed by atoms with van der Waals surface area (Å²) in [6.45, 7) is 8.06. The number of benzene rings is 2. The van der Waals surface area contributed by atoms with Gasteiger partial charge in [0.1, 0.15) is 11.3 Å². The number of amides is 4. The lowest BCUT2D eigenvalue weighted by molar-refractivity contribution is -0.122. The smallest absolute Gasteiger partial charge is 0.335 e. The molecule has 7 heteroatoms. The van der Waals surface area contributed by atoms with Gasteiger partial charge in [-0.05, 0) is 77.7 Å². The Morgan fingerprint density at radius 1 is 1.17 bits per heavy atom. The van der Waals surface area contributed by atoms with Crippen LogP contribution in [0, 0.1) is 6.92 Å². The molecule has 4 amide bonds.